The Labute approximate surface area is 160 Å². The Morgan fingerprint density at radius 2 is 1.78 bits per heavy atom. The van der Waals surface area contributed by atoms with Crippen molar-refractivity contribution in [1.82, 2.24) is 15.0 Å². The molecule has 1 aliphatic heterocycles. The fraction of sp³-hybridized carbons (Fsp3) is 0.550. The zero-order valence-corrected chi connectivity index (χ0v) is 16.1. The van der Waals surface area contributed by atoms with Gasteiger partial charge < -0.3 is 20.1 Å². The maximum absolute atomic E-state index is 10.5. The summed E-state index contributed by atoms with van der Waals surface area (Å²) in [6.07, 6.45) is 4.78. The van der Waals surface area contributed by atoms with E-state index in [9.17, 15) is 5.11 Å². The Hall–Kier alpha value is -2.41. The molecule has 2 unspecified atom stereocenters. The molecular formula is C20H29N5O2. The van der Waals surface area contributed by atoms with E-state index in [2.05, 4.69) is 25.2 Å². The zero-order chi connectivity index (χ0) is 19.1. The Bertz CT molecular complexity index is 705. The highest BCUT2D eigenvalue weighted by atomic mass is 16.5. The summed E-state index contributed by atoms with van der Waals surface area (Å²) in [5, 5.41) is 13.8. The third-order valence-electron chi connectivity index (χ3n) is 4.90. The highest BCUT2D eigenvalue weighted by molar-refractivity contribution is 5.39. The summed E-state index contributed by atoms with van der Waals surface area (Å²) in [5.41, 5.74) is 1.09. The van der Waals surface area contributed by atoms with Crippen molar-refractivity contribution in [2.45, 2.75) is 51.2 Å². The number of aliphatic hydroxyl groups is 1. The zero-order valence-electron chi connectivity index (χ0n) is 16.1. The third-order valence-corrected chi connectivity index (χ3v) is 4.90. The van der Waals surface area contributed by atoms with Crippen LogP contribution in [0, 0.1) is 0 Å². The molecule has 1 fully saturated rings. The van der Waals surface area contributed by atoms with E-state index in [-0.39, 0.29) is 12.1 Å². The van der Waals surface area contributed by atoms with Crippen molar-refractivity contribution >= 4 is 11.9 Å². The average molecular weight is 371 g/mol. The van der Waals surface area contributed by atoms with Crippen LogP contribution in [0.4, 0.5) is 11.9 Å². The van der Waals surface area contributed by atoms with Gasteiger partial charge in [0, 0.05) is 19.5 Å². The van der Waals surface area contributed by atoms with Gasteiger partial charge in [0.2, 0.25) is 11.9 Å². The van der Waals surface area contributed by atoms with Gasteiger partial charge in [-0.05, 0) is 25.3 Å². The number of nitrogens with zero attached hydrogens (tertiary/aromatic N) is 4. The molecule has 0 saturated carbocycles. The van der Waals surface area contributed by atoms with Crippen molar-refractivity contribution in [2.75, 3.05) is 30.4 Å². The standard InChI is InChI=1S/C20H29N5O2/c1-15(17(26)14-16-10-6-5-7-11-16)21-18-22-19(24-20(23-18)27-2)25-12-8-3-4-9-13-25/h5-7,10-11,15,17,26H,3-4,8-9,12-14H2,1-2H3,(H,21,22,23,24). The summed E-state index contributed by atoms with van der Waals surface area (Å²) in [6.45, 7) is 3.81. The minimum absolute atomic E-state index is 0.214. The first-order valence-electron chi connectivity index (χ1n) is 9.69. The summed E-state index contributed by atoms with van der Waals surface area (Å²) in [5.74, 6) is 1.07. The maximum Gasteiger partial charge on any atom is 0.322 e. The lowest BCUT2D eigenvalue weighted by Gasteiger charge is -2.23. The second-order valence-electron chi connectivity index (χ2n) is 7.04. The van der Waals surface area contributed by atoms with Crippen molar-refractivity contribution in [3.63, 3.8) is 0 Å². The van der Waals surface area contributed by atoms with E-state index in [1.165, 1.54) is 12.8 Å². The van der Waals surface area contributed by atoms with Crippen molar-refractivity contribution in [3.05, 3.63) is 35.9 Å². The number of aromatic nitrogens is 3. The quantitative estimate of drug-likeness (QED) is 0.774. The molecule has 1 aromatic carbocycles. The number of hydrogen-bond acceptors (Lipinski definition) is 7. The minimum atomic E-state index is -0.559. The van der Waals surface area contributed by atoms with Gasteiger partial charge in [0.05, 0.1) is 19.3 Å². The van der Waals surface area contributed by atoms with E-state index in [0.717, 1.165) is 31.5 Å². The van der Waals surface area contributed by atoms with Crippen LogP contribution in [0.15, 0.2) is 30.3 Å². The molecule has 1 aromatic heterocycles. The number of benzene rings is 1. The van der Waals surface area contributed by atoms with Crippen LogP contribution in [0.2, 0.25) is 0 Å². The van der Waals surface area contributed by atoms with E-state index in [1.54, 1.807) is 7.11 Å². The van der Waals surface area contributed by atoms with Crippen molar-refractivity contribution in [3.8, 4) is 6.01 Å². The van der Waals surface area contributed by atoms with Gasteiger partial charge in [0.25, 0.3) is 0 Å². The molecule has 2 atom stereocenters. The smallest absolute Gasteiger partial charge is 0.322 e. The van der Waals surface area contributed by atoms with Gasteiger partial charge in [-0.1, -0.05) is 43.2 Å². The predicted molar refractivity (Wildman–Crippen MR) is 106 cm³/mol. The van der Waals surface area contributed by atoms with Gasteiger partial charge in [0.1, 0.15) is 0 Å². The molecule has 146 valence electrons. The first-order valence-corrected chi connectivity index (χ1v) is 9.69. The Kier molecular flexibility index (Phi) is 6.81. The van der Waals surface area contributed by atoms with Crippen LogP contribution >= 0.6 is 0 Å². The number of anilines is 2. The number of methoxy groups -OCH3 is 1. The number of nitrogens with one attached hydrogen (secondary N) is 1. The van der Waals surface area contributed by atoms with E-state index in [1.807, 2.05) is 37.3 Å². The van der Waals surface area contributed by atoms with Crippen LogP contribution in [-0.4, -0.2) is 52.4 Å². The number of aliphatic hydroxyl groups excluding tert-OH is 1. The first-order chi connectivity index (χ1) is 13.2. The molecule has 7 heteroatoms. The molecule has 27 heavy (non-hydrogen) atoms. The van der Waals surface area contributed by atoms with Crippen LogP contribution in [0.25, 0.3) is 0 Å². The lowest BCUT2D eigenvalue weighted by Crippen LogP contribution is -2.33. The molecule has 0 aliphatic carbocycles. The predicted octanol–water partition coefficient (Wildman–Crippen LogP) is 2.66. The number of hydrogen-bond donors (Lipinski definition) is 2. The molecule has 2 N–H and O–H groups in total. The van der Waals surface area contributed by atoms with Gasteiger partial charge >= 0.3 is 6.01 Å². The SMILES string of the molecule is COc1nc(NC(C)C(O)Cc2ccccc2)nc(N2CCCCCC2)n1. The van der Waals surface area contributed by atoms with E-state index in [4.69, 9.17) is 4.74 Å². The van der Waals surface area contributed by atoms with E-state index >= 15 is 0 Å². The summed E-state index contributed by atoms with van der Waals surface area (Å²) in [4.78, 5) is 15.5. The Morgan fingerprint density at radius 1 is 1.07 bits per heavy atom. The molecule has 1 aliphatic rings. The summed E-state index contributed by atoms with van der Waals surface area (Å²) < 4.78 is 5.26. The van der Waals surface area contributed by atoms with Gasteiger partial charge in [-0.3, -0.25) is 0 Å². The second kappa shape index (κ2) is 9.50. The van der Waals surface area contributed by atoms with Crippen LogP contribution in [0.3, 0.4) is 0 Å². The molecule has 2 aromatic rings. The van der Waals surface area contributed by atoms with Crippen molar-refractivity contribution in [1.29, 1.82) is 0 Å². The van der Waals surface area contributed by atoms with Crippen molar-refractivity contribution in [2.24, 2.45) is 0 Å². The molecule has 3 rings (SSSR count). The van der Waals surface area contributed by atoms with Gasteiger partial charge in [-0.2, -0.15) is 15.0 Å². The highest BCUT2D eigenvalue weighted by Crippen LogP contribution is 2.20. The lowest BCUT2D eigenvalue weighted by atomic mass is 10.0. The summed E-state index contributed by atoms with van der Waals surface area (Å²) >= 11 is 0. The molecule has 0 radical (unpaired) electrons. The molecule has 0 amide bonds. The summed E-state index contributed by atoms with van der Waals surface area (Å²) in [6, 6.07) is 10.0. The largest absolute Gasteiger partial charge is 0.467 e. The lowest BCUT2D eigenvalue weighted by molar-refractivity contribution is 0.158. The second-order valence-corrected chi connectivity index (χ2v) is 7.04. The molecule has 0 spiro atoms. The molecular weight excluding hydrogens is 342 g/mol. The normalized spacial score (nSPS) is 17.1. The molecule has 1 saturated heterocycles. The van der Waals surface area contributed by atoms with E-state index < -0.39 is 6.10 Å². The molecule has 7 nitrogen and oxygen atoms in total. The van der Waals surface area contributed by atoms with Gasteiger partial charge in [-0.15, -0.1) is 0 Å². The topological polar surface area (TPSA) is 83.4 Å². The van der Waals surface area contributed by atoms with E-state index in [0.29, 0.717) is 18.3 Å². The van der Waals surface area contributed by atoms with Gasteiger partial charge in [0.15, 0.2) is 0 Å². The fourth-order valence-corrected chi connectivity index (χ4v) is 3.25. The van der Waals surface area contributed by atoms with Crippen LogP contribution in [0.1, 0.15) is 38.2 Å². The first kappa shape index (κ1) is 19.4. The number of ether oxygens (including phenoxy) is 1. The van der Waals surface area contributed by atoms with Crippen molar-refractivity contribution < 1.29 is 9.84 Å². The molecule has 2 heterocycles. The van der Waals surface area contributed by atoms with Crippen LogP contribution < -0.4 is 15.0 Å². The highest BCUT2D eigenvalue weighted by Gasteiger charge is 2.19. The fourth-order valence-electron chi connectivity index (χ4n) is 3.25. The third kappa shape index (κ3) is 5.53. The minimum Gasteiger partial charge on any atom is -0.467 e. The van der Waals surface area contributed by atoms with Crippen LogP contribution in [0.5, 0.6) is 6.01 Å². The average Bonchev–Trinajstić information content (AvgIpc) is 2.98. The van der Waals surface area contributed by atoms with Crippen LogP contribution in [-0.2, 0) is 6.42 Å². The maximum atomic E-state index is 10.5. The molecule has 0 bridgehead atoms. The monoisotopic (exact) mass is 371 g/mol. The Morgan fingerprint density at radius 3 is 2.44 bits per heavy atom. The number of rotatable bonds is 7. The van der Waals surface area contributed by atoms with Gasteiger partial charge in [-0.25, -0.2) is 0 Å². The summed E-state index contributed by atoms with van der Waals surface area (Å²) in [7, 11) is 1.55. The Balaban J connectivity index is 1.70.